The van der Waals surface area contributed by atoms with Crippen LogP contribution in [0.25, 0.3) is 0 Å². The summed E-state index contributed by atoms with van der Waals surface area (Å²) in [7, 11) is -3.38. The van der Waals surface area contributed by atoms with Crippen molar-refractivity contribution in [3.8, 4) is 0 Å². The maximum atomic E-state index is 12.0. The van der Waals surface area contributed by atoms with Crippen LogP contribution in [0.1, 0.15) is 50.7 Å². The number of carbonyl (C=O) groups is 1. The summed E-state index contributed by atoms with van der Waals surface area (Å²) >= 11 is 0. The molecule has 0 aromatic heterocycles. The van der Waals surface area contributed by atoms with Crippen molar-refractivity contribution in [1.82, 2.24) is 4.72 Å². The molecule has 0 aliphatic carbocycles. The monoisotopic (exact) mass is 326 g/mol. The molecule has 0 fully saturated rings. The lowest BCUT2D eigenvalue weighted by Gasteiger charge is -2.16. The fourth-order valence-electron chi connectivity index (χ4n) is 2.11. The van der Waals surface area contributed by atoms with Crippen LogP contribution in [0.4, 0.5) is 5.69 Å². The Morgan fingerprint density at radius 2 is 1.95 bits per heavy atom. The molecular formula is C16H26N2O3S. The summed E-state index contributed by atoms with van der Waals surface area (Å²) in [6.07, 6.45) is 1.39. The van der Waals surface area contributed by atoms with E-state index in [1.54, 1.807) is 0 Å². The molecule has 1 aromatic carbocycles. The summed E-state index contributed by atoms with van der Waals surface area (Å²) in [5.41, 5.74) is 2.78. The van der Waals surface area contributed by atoms with Crippen molar-refractivity contribution in [1.29, 1.82) is 0 Å². The number of sulfonamides is 1. The molecule has 0 heterocycles. The van der Waals surface area contributed by atoms with E-state index in [4.69, 9.17) is 0 Å². The van der Waals surface area contributed by atoms with Crippen LogP contribution in [0, 0.1) is 6.92 Å². The maximum absolute atomic E-state index is 12.0. The average Bonchev–Trinajstić information content (AvgIpc) is 2.45. The molecule has 0 aliphatic rings. The molecule has 0 atom stereocenters. The third-order valence-corrected chi connectivity index (χ3v) is 4.82. The molecule has 22 heavy (non-hydrogen) atoms. The summed E-state index contributed by atoms with van der Waals surface area (Å²) in [6.45, 7) is 7.72. The van der Waals surface area contributed by atoms with Gasteiger partial charge in [-0.3, -0.25) is 4.79 Å². The zero-order valence-corrected chi connectivity index (χ0v) is 14.6. The van der Waals surface area contributed by atoms with Crippen molar-refractivity contribution in [3.63, 3.8) is 0 Å². The summed E-state index contributed by atoms with van der Waals surface area (Å²) in [5, 5.41) is 2.82. The number of hydrogen-bond donors (Lipinski definition) is 2. The number of benzene rings is 1. The normalized spacial score (nSPS) is 11.7. The van der Waals surface area contributed by atoms with Crippen LogP contribution < -0.4 is 10.0 Å². The molecule has 0 bridgehead atoms. The third kappa shape index (κ3) is 5.77. The Bertz CT molecular complexity index is 610. The highest BCUT2D eigenvalue weighted by Gasteiger charge is 2.15. The second-order valence-corrected chi connectivity index (χ2v) is 7.66. The molecule has 5 nitrogen and oxygen atoms in total. The van der Waals surface area contributed by atoms with E-state index in [0.717, 1.165) is 23.2 Å². The molecule has 0 aliphatic heterocycles. The van der Waals surface area contributed by atoms with E-state index in [1.165, 1.54) is 0 Å². The molecule has 0 radical (unpaired) electrons. The molecule has 1 rings (SSSR count). The van der Waals surface area contributed by atoms with E-state index in [0.29, 0.717) is 6.42 Å². The number of hydrogen-bond acceptors (Lipinski definition) is 3. The van der Waals surface area contributed by atoms with Crippen molar-refractivity contribution in [2.24, 2.45) is 0 Å². The van der Waals surface area contributed by atoms with Gasteiger partial charge in [0.2, 0.25) is 15.9 Å². The zero-order valence-electron chi connectivity index (χ0n) is 13.8. The van der Waals surface area contributed by atoms with Gasteiger partial charge in [-0.1, -0.05) is 45.4 Å². The SMILES string of the molecule is CCCCS(=O)(=O)NCC(=O)Nc1c(C)cccc1C(C)C. The fraction of sp³-hybridized carbons (Fsp3) is 0.562. The number of aryl methyl sites for hydroxylation is 1. The summed E-state index contributed by atoms with van der Waals surface area (Å²) in [4.78, 5) is 12.0. The van der Waals surface area contributed by atoms with Crippen molar-refractivity contribution in [2.45, 2.75) is 46.5 Å². The van der Waals surface area contributed by atoms with Gasteiger partial charge in [0.25, 0.3) is 0 Å². The van der Waals surface area contributed by atoms with Crippen molar-refractivity contribution >= 4 is 21.6 Å². The van der Waals surface area contributed by atoms with Gasteiger partial charge in [-0.15, -0.1) is 0 Å². The van der Waals surface area contributed by atoms with Crippen LogP contribution >= 0.6 is 0 Å². The van der Waals surface area contributed by atoms with Crippen LogP contribution in [-0.4, -0.2) is 26.6 Å². The average molecular weight is 326 g/mol. The maximum Gasteiger partial charge on any atom is 0.239 e. The molecular weight excluding hydrogens is 300 g/mol. The molecule has 0 unspecified atom stereocenters. The predicted molar refractivity (Wildman–Crippen MR) is 90.6 cm³/mol. The van der Waals surface area contributed by atoms with Gasteiger partial charge in [-0.05, 0) is 30.4 Å². The van der Waals surface area contributed by atoms with Crippen molar-refractivity contribution < 1.29 is 13.2 Å². The smallest absolute Gasteiger partial charge is 0.239 e. The number of carbonyl (C=O) groups excluding carboxylic acids is 1. The van der Waals surface area contributed by atoms with E-state index in [9.17, 15) is 13.2 Å². The van der Waals surface area contributed by atoms with Gasteiger partial charge in [0.1, 0.15) is 0 Å². The van der Waals surface area contributed by atoms with Crippen LogP contribution in [0.2, 0.25) is 0 Å². The molecule has 0 spiro atoms. The number of rotatable bonds is 8. The van der Waals surface area contributed by atoms with Gasteiger partial charge >= 0.3 is 0 Å². The van der Waals surface area contributed by atoms with E-state index in [-0.39, 0.29) is 24.1 Å². The van der Waals surface area contributed by atoms with Gasteiger partial charge in [0, 0.05) is 5.69 Å². The van der Waals surface area contributed by atoms with E-state index < -0.39 is 10.0 Å². The van der Waals surface area contributed by atoms with E-state index in [2.05, 4.69) is 23.9 Å². The van der Waals surface area contributed by atoms with Gasteiger partial charge in [0.05, 0.1) is 12.3 Å². The first-order valence-corrected chi connectivity index (χ1v) is 9.28. The van der Waals surface area contributed by atoms with Crippen LogP contribution in [0.15, 0.2) is 18.2 Å². The fourth-order valence-corrected chi connectivity index (χ4v) is 3.27. The summed E-state index contributed by atoms with van der Waals surface area (Å²) in [5.74, 6) is -0.0222. The Morgan fingerprint density at radius 1 is 1.27 bits per heavy atom. The van der Waals surface area contributed by atoms with E-state index in [1.807, 2.05) is 32.0 Å². The molecule has 124 valence electrons. The van der Waals surface area contributed by atoms with Gasteiger partial charge in [-0.25, -0.2) is 13.1 Å². The molecule has 1 aromatic rings. The van der Waals surface area contributed by atoms with Gasteiger partial charge in [-0.2, -0.15) is 0 Å². The summed E-state index contributed by atoms with van der Waals surface area (Å²) < 4.78 is 25.7. The molecule has 0 saturated carbocycles. The Morgan fingerprint density at radius 3 is 2.55 bits per heavy atom. The number of unbranched alkanes of at least 4 members (excludes halogenated alkanes) is 1. The van der Waals surface area contributed by atoms with Crippen molar-refractivity contribution in [3.05, 3.63) is 29.3 Å². The lowest BCUT2D eigenvalue weighted by molar-refractivity contribution is -0.115. The van der Waals surface area contributed by atoms with Crippen molar-refractivity contribution in [2.75, 3.05) is 17.6 Å². The Kier molecular flexibility index (Phi) is 7.03. The topological polar surface area (TPSA) is 75.3 Å². The largest absolute Gasteiger partial charge is 0.324 e. The number of amides is 1. The highest BCUT2D eigenvalue weighted by Crippen LogP contribution is 2.27. The molecule has 1 amide bonds. The minimum atomic E-state index is -3.38. The first-order valence-electron chi connectivity index (χ1n) is 7.63. The molecule has 6 heteroatoms. The first-order chi connectivity index (χ1) is 10.3. The second kappa shape index (κ2) is 8.29. The minimum absolute atomic E-state index is 0.0540. The van der Waals surface area contributed by atoms with Crippen LogP contribution in [-0.2, 0) is 14.8 Å². The lowest BCUT2D eigenvalue weighted by Crippen LogP contribution is -2.34. The Labute approximate surface area is 133 Å². The first kappa shape index (κ1) is 18.6. The second-order valence-electron chi connectivity index (χ2n) is 5.74. The highest BCUT2D eigenvalue weighted by atomic mass is 32.2. The zero-order chi connectivity index (χ0) is 16.8. The number of para-hydroxylation sites is 1. The van der Waals surface area contributed by atoms with Gasteiger partial charge in [0.15, 0.2) is 0 Å². The number of nitrogens with one attached hydrogen (secondary N) is 2. The Balaban J connectivity index is 2.71. The number of anilines is 1. The van der Waals surface area contributed by atoms with Crippen LogP contribution in [0.5, 0.6) is 0 Å². The quantitative estimate of drug-likeness (QED) is 0.771. The summed E-state index contributed by atoms with van der Waals surface area (Å²) in [6, 6.07) is 5.85. The van der Waals surface area contributed by atoms with Gasteiger partial charge < -0.3 is 5.32 Å². The lowest BCUT2D eigenvalue weighted by atomic mass is 9.98. The standard InChI is InChI=1S/C16H26N2O3S/c1-5-6-10-22(20,21)17-11-15(19)18-16-13(4)8-7-9-14(16)12(2)3/h7-9,12,17H,5-6,10-11H2,1-4H3,(H,18,19). The molecule has 2 N–H and O–H groups in total. The third-order valence-electron chi connectivity index (χ3n) is 3.41. The Hall–Kier alpha value is -1.40. The van der Waals surface area contributed by atoms with Crippen LogP contribution in [0.3, 0.4) is 0 Å². The predicted octanol–water partition coefficient (Wildman–Crippen LogP) is 2.78. The van der Waals surface area contributed by atoms with E-state index >= 15 is 0 Å². The minimum Gasteiger partial charge on any atom is -0.324 e. The molecule has 0 saturated heterocycles. The highest BCUT2D eigenvalue weighted by molar-refractivity contribution is 7.89.